The van der Waals surface area contributed by atoms with Gasteiger partial charge in [-0.2, -0.15) is 0 Å². The molecule has 1 aliphatic heterocycles. The van der Waals surface area contributed by atoms with Crippen molar-refractivity contribution in [1.82, 2.24) is 24.5 Å². The summed E-state index contributed by atoms with van der Waals surface area (Å²) in [6.07, 6.45) is 7.18. The predicted octanol–water partition coefficient (Wildman–Crippen LogP) is 2.01. The lowest BCUT2D eigenvalue weighted by Crippen LogP contribution is -2.51. The number of nitrogens with one attached hydrogen (secondary N) is 3. The molecular weight excluding hydrogens is 450 g/mol. The fourth-order valence-electron chi connectivity index (χ4n) is 4.67. The van der Waals surface area contributed by atoms with Crippen LogP contribution in [0.5, 0.6) is 0 Å². The summed E-state index contributed by atoms with van der Waals surface area (Å²) in [7, 11) is 3.42. The molecule has 3 aromatic rings. The SMILES string of the molecule is CNc1cc(Nc2cccn(C[C@@H]3CCCOC3)c2=O)nn2c(C(=O)N[C@H]3CC[C@@H]3OC)cnc12. The number of nitrogens with zero attached hydrogens (tertiary/aromatic N) is 4. The molecule has 0 radical (unpaired) electrons. The van der Waals surface area contributed by atoms with Crippen LogP contribution in [0.3, 0.4) is 0 Å². The van der Waals surface area contributed by atoms with Crippen LogP contribution in [0, 0.1) is 5.92 Å². The van der Waals surface area contributed by atoms with Crippen molar-refractivity contribution in [2.75, 3.05) is 38.0 Å². The molecule has 11 nitrogen and oxygen atoms in total. The molecule has 35 heavy (non-hydrogen) atoms. The van der Waals surface area contributed by atoms with Gasteiger partial charge in [0.2, 0.25) is 0 Å². The van der Waals surface area contributed by atoms with Crippen LogP contribution in [-0.2, 0) is 16.0 Å². The molecule has 0 unspecified atom stereocenters. The number of methoxy groups -OCH3 is 1. The molecule has 186 valence electrons. The van der Waals surface area contributed by atoms with Crippen LogP contribution < -0.4 is 21.5 Å². The molecule has 1 amide bonds. The number of carbonyl (C=O) groups is 1. The minimum Gasteiger partial charge on any atom is -0.385 e. The number of imidazole rings is 1. The first kappa shape index (κ1) is 23.3. The lowest BCUT2D eigenvalue weighted by Gasteiger charge is -2.35. The van der Waals surface area contributed by atoms with Gasteiger partial charge >= 0.3 is 0 Å². The van der Waals surface area contributed by atoms with Gasteiger partial charge in [-0.1, -0.05) is 0 Å². The van der Waals surface area contributed by atoms with Crippen molar-refractivity contribution in [1.29, 1.82) is 0 Å². The Hall–Kier alpha value is -3.44. The molecule has 11 heteroatoms. The Labute approximate surface area is 202 Å². The number of pyridine rings is 1. The lowest BCUT2D eigenvalue weighted by molar-refractivity contribution is 0.00718. The Morgan fingerprint density at radius 3 is 2.89 bits per heavy atom. The summed E-state index contributed by atoms with van der Waals surface area (Å²) in [6.45, 7) is 2.07. The fraction of sp³-hybridized carbons (Fsp3) is 0.500. The van der Waals surface area contributed by atoms with Crippen molar-refractivity contribution >= 4 is 28.7 Å². The molecule has 2 fully saturated rings. The average Bonchev–Trinajstić information content (AvgIpc) is 3.29. The van der Waals surface area contributed by atoms with E-state index in [9.17, 15) is 9.59 Å². The summed E-state index contributed by atoms with van der Waals surface area (Å²) in [5.41, 5.74) is 1.77. The van der Waals surface area contributed by atoms with Crippen molar-refractivity contribution in [3.05, 3.63) is 46.6 Å². The van der Waals surface area contributed by atoms with Gasteiger partial charge in [0.15, 0.2) is 17.2 Å². The second kappa shape index (κ2) is 10.0. The summed E-state index contributed by atoms with van der Waals surface area (Å²) in [5.74, 6) is 0.471. The summed E-state index contributed by atoms with van der Waals surface area (Å²) in [5, 5.41) is 13.8. The quantitative estimate of drug-likeness (QED) is 0.446. The molecule has 1 aliphatic carbocycles. The maximum Gasteiger partial charge on any atom is 0.274 e. The smallest absolute Gasteiger partial charge is 0.274 e. The van der Waals surface area contributed by atoms with Gasteiger partial charge in [-0.25, -0.2) is 9.50 Å². The van der Waals surface area contributed by atoms with E-state index in [1.807, 2.05) is 6.07 Å². The number of rotatable bonds is 8. The molecule has 3 atom stereocenters. The third-order valence-electron chi connectivity index (χ3n) is 6.79. The first-order valence-electron chi connectivity index (χ1n) is 12.0. The van der Waals surface area contributed by atoms with Gasteiger partial charge in [0.1, 0.15) is 5.69 Å². The number of amides is 1. The lowest BCUT2D eigenvalue weighted by atomic mass is 9.89. The number of hydrogen-bond acceptors (Lipinski definition) is 8. The van der Waals surface area contributed by atoms with Crippen LogP contribution in [0.2, 0.25) is 0 Å². The third kappa shape index (κ3) is 4.73. The largest absolute Gasteiger partial charge is 0.385 e. The van der Waals surface area contributed by atoms with Gasteiger partial charge in [0, 0.05) is 45.5 Å². The predicted molar refractivity (Wildman–Crippen MR) is 131 cm³/mol. The van der Waals surface area contributed by atoms with Gasteiger partial charge in [-0.3, -0.25) is 9.59 Å². The highest BCUT2D eigenvalue weighted by atomic mass is 16.5. The molecule has 0 bridgehead atoms. The summed E-state index contributed by atoms with van der Waals surface area (Å²) in [4.78, 5) is 30.5. The molecule has 3 N–H and O–H groups in total. The first-order chi connectivity index (χ1) is 17.1. The number of fused-ring (bicyclic) bond motifs is 1. The molecule has 5 rings (SSSR count). The highest BCUT2D eigenvalue weighted by molar-refractivity contribution is 5.94. The third-order valence-corrected chi connectivity index (χ3v) is 6.79. The normalized spacial score (nSPS) is 21.9. The van der Waals surface area contributed by atoms with Gasteiger partial charge in [-0.15, -0.1) is 5.10 Å². The molecular formula is C24H31N7O4. The van der Waals surface area contributed by atoms with Crippen LogP contribution in [0.15, 0.2) is 35.4 Å². The molecule has 0 spiro atoms. The summed E-state index contributed by atoms with van der Waals surface area (Å²) >= 11 is 0. The Kier molecular flexibility index (Phi) is 6.69. The second-order valence-electron chi connectivity index (χ2n) is 9.09. The zero-order valence-electron chi connectivity index (χ0n) is 20.0. The highest BCUT2D eigenvalue weighted by Crippen LogP contribution is 2.25. The molecule has 4 heterocycles. The number of carbonyl (C=O) groups excluding carboxylic acids is 1. The Balaban J connectivity index is 1.41. The van der Waals surface area contributed by atoms with Crippen LogP contribution in [0.1, 0.15) is 36.2 Å². The number of hydrogen-bond donors (Lipinski definition) is 3. The van der Waals surface area contributed by atoms with E-state index in [4.69, 9.17) is 9.47 Å². The van der Waals surface area contributed by atoms with Crippen LogP contribution in [0.4, 0.5) is 17.2 Å². The highest BCUT2D eigenvalue weighted by Gasteiger charge is 2.33. The Bertz CT molecular complexity index is 1260. The van der Waals surface area contributed by atoms with E-state index >= 15 is 0 Å². The number of ether oxygens (including phenoxy) is 2. The van der Waals surface area contributed by atoms with E-state index in [2.05, 4.69) is 26.0 Å². The first-order valence-corrected chi connectivity index (χ1v) is 12.0. The van der Waals surface area contributed by atoms with Gasteiger partial charge in [0.05, 0.1) is 30.6 Å². The van der Waals surface area contributed by atoms with E-state index in [1.165, 1.54) is 10.7 Å². The van der Waals surface area contributed by atoms with E-state index in [-0.39, 0.29) is 23.6 Å². The Morgan fingerprint density at radius 1 is 1.29 bits per heavy atom. The molecule has 1 saturated heterocycles. The van der Waals surface area contributed by atoms with Crippen LogP contribution >= 0.6 is 0 Å². The molecule has 1 saturated carbocycles. The van der Waals surface area contributed by atoms with Gasteiger partial charge in [0.25, 0.3) is 11.5 Å². The number of anilines is 3. The van der Waals surface area contributed by atoms with Crippen molar-refractivity contribution in [3.63, 3.8) is 0 Å². The minimum absolute atomic E-state index is 0.0246. The van der Waals surface area contributed by atoms with E-state index in [0.29, 0.717) is 47.6 Å². The van der Waals surface area contributed by atoms with Gasteiger partial charge in [-0.05, 0) is 37.8 Å². The monoisotopic (exact) mass is 481 g/mol. The van der Waals surface area contributed by atoms with Crippen molar-refractivity contribution in [2.45, 2.75) is 44.4 Å². The Morgan fingerprint density at radius 2 is 2.17 bits per heavy atom. The summed E-state index contributed by atoms with van der Waals surface area (Å²) < 4.78 is 14.1. The maximum atomic E-state index is 13.1. The standard InChI is InChI=1S/C24H31N7O4/c1-25-18-11-21(27-17-6-3-9-30(24(17)33)13-15-5-4-10-35-14-15)29-31-19(12-26-22(18)31)23(32)28-16-7-8-20(16)34-2/h3,6,9,11-12,15-16,20,25H,4-5,7-8,10,13-14H2,1-2H3,(H,27,29)(H,28,32)/t15-,16-,20-/m0/s1. The van der Waals surface area contributed by atoms with E-state index in [1.54, 1.807) is 37.1 Å². The van der Waals surface area contributed by atoms with Crippen molar-refractivity contribution in [2.24, 2.45) is 5.92 Å². The fourth-order valence-corrected chi connectivity index (χ4v) is 4.67. The molecule has 2 aliphatic rings. The van der Waals surface area contributed by atoms with Gasteiger partial charge < -0.3 is 30.0 Å². The minimum atomic E-state index is -0.271. The number of aromatic nitrogens is 4. The van der Waals surface area contributed by atoms with E-state index < -0.39 is 0 Å². The topological polar surface area (TPSA) is 124 Å². The average molecular weight is 482 g/mol. The van der Waals surface area contributed by atoms with Crippen LogP contribution in [0.25, 0.3) is 5.65 Å². The molecule has 3 aromatic heterocycles. The van der Waals surface area contributed by atoms with Crippen molar-refractivity contribution in [3.8, 4) is 0 Å². The summed E-state index contributed by atoms with van der Waals surface area (Å²) in [6, 6.07) is 5.30. The zero-order chi connectivity index (χ0) is 24.4. The maximum absolute atomic E-state index is 13.1. The second-order valence-corrected chi connectivity index (χ2v) is 9.09. The zero-order valence-corrected chi connectivity index (χ0v) is 20.0. The van der Waals surface area contributed by atoms with E-state index in [0.717, 1.165) is 32.3 Å². The van der Waals surface area contributed by atoms with Crippen molar-refractivity contribution < 1.29 is 14.3 Å². The van der Waals surface area contributed by atoms with Crippen LogP contribution in [-0.4, -0.2) is 64.6 Å². The molecule has 0 aromatic carbocycles.